The van der Waals surface area contributed by atoms with E-state index in [9.17, 15) is 66.0 Å². The molecular formula is C31H41F4N9O17P2. The monoisotopic (exact) mass is 949 g/mol. The number of esters is 1. The van der Waals surface area contributed by atoms with Gasteiger partial charge in [-0.15, -0.1) is 6.58 Å². The Bertz CT molecular complexity index is 2270. The van der Waals surface area contributed by atoms with Gasteiger partial charge in [0.2, 0.25) is 5.91 Å². The molecule has 0 bridgehead atoms. The predicted molar refractivity (Wildman–Crippen MR) is 199 cm³/mol. The Balaban J connectivity index is 1.42. The largest absolute Gasteiger partial charge is 0.472 e. The quantitative estimate of drug-likeness (QED) is 0.0291. The number of allylic oxidation sites excluding steroid dienone is 1. The van der Waals surface area contributed by atoms with Crippen LogP contribution in [0.5, 0.6) is 0 Å². The molecule has 26 nitrogen and oxygen atoms in total. The number of nitrogens with zero attached hydrogens (tertiary/aromatic N) is 7. The van der Waals surface area contributed by atoms with Gasteiger partial charge in [-0.25, -0.2) is 42.5 Å². The van der Waals surface area contributed by atoms with E-state index >= 15 is 0 Å². The summed E-state index contributed by atoms with van der Waals surface area (Å²) in [6.07, 6.45) is -15.0. The summed E-state index contributed by atoms with van der Waals surface area (Å²) < 4.78 is 116. The molecule has 3 aromatic rings. The molecule has 2 unspecified atom stereocenters. The smallest absolute Gasteiger partial charge is 0.455 e. The van der Waals surface area contributed by atoms with Gasteiger partial charge < -0.3 is 60.2 Å². The van der Waals surface area contributed by atoms with Gasteiger partial charge in [-0.2, -0.15) is 13.8 Å². The fourth-order valence-electron chi connectivity index (χ4n) is 6.14. The SMILES string of the molecule is C=CCCC(=O)N(C)C(COCC(F)(F)C(F)F)C(=O)O[C@H]1[C@@H](O)[C@H](n2cnc3c(N)ncnc32)O[C@@H]1COP(=O)(O)O[C@H]1[C@@H](O)[C@H](n2ccc(N)nc2=O)O[C@@H]1COP(=O)(O)O. The van der Waals surface area contributed by atoms with Crippen molar-refractivity contribution in [1.82, 2.24) is 34.0 Å². The lowest BCUT2D eigenvalue weighted by atomic mass is 10.1. The van der Waals surface area contributed by atoms with Crippen LogP contribution in [0, 0.1) is 0 Å². The van der Waals surface area contributed by atoms with Crippen molar-refractivity contribution in [2.45, 2.75) is 80.3 Å². The zero-order valence-corrected chi connectivity index (χ0v) is 34.2. The molecule has 63 heavy (non-hydrogen) atoms. The molecule has 0 aromatic carbocycles. The topological polar surface area (TPSA) is 368 Å². The first-order valence-corrected chi connectivity index (χ1v) is 21.1. The summed E-state index contributed by atoms with van der Waals surface area (Å²) in [6.45, 7) is -1.80. The van der Waals surface area contributed by atoms with Gasteiger partial charge in [0.1, 0.15) is 54.8 Å². The average molecular weight is 950 g/mol. The van der Waals surface area contributed by atoms with Crippen molar-refractivity contribution in [2.24, 2.45) is 0 Å². The summed E-state index contributed by atoms with van der Waals surface area (Å²) in [5.41, 5.74) is 10.3. The highest BCUT2D eigenvalue weighted by atomic mass is 31.2. The van der Waals surface area contributed by atoms with Crippen LogP contribution in [0.3, 0.4) is 0 Å². The van der Waals surface area contributed by atoms with E-state index in [1.54, 1.807) is 0 Å². The van der Waals surface area contributed by atoms with Crippen molar-refractivity contribution in [3.63, 3.8) is 0 Å². The Morgan fingerprint density at radius 3 is 2.30 bits per heavy atom. The minimum atomic E-state index is -5.56. The Labute approximate surface area is 351 Å². The van der Waals surface area contributed by atoms with E-state index in [1.165, 1.54) is 6.08 Å². The van der Waals surface area contributed by atoms with Crippen LogP contribution < -0.4 is 17.2 Å². The molecule has 2 aliphatic heterocycles. The Hall–Kier alpha value is -4.55. The van der Waals surface area contributed by atoms with Crippen LogP contribution in [-0.2, 0) is 51.2 Å². The number of imidazole rings is 1. The molecule has 350 valence electrons. The summed E-state index contributed by atoms with van der Waals surface area (Å²) in [4.78, 5) is 84.7. The molecule has 5 rings (SSSR count). The van der Waals surface area contributed by atoms with Gasteiger partial charge in [0.05, 0.1) is 26.1 Å². The molecule has 2 fully saturated rings. The molecule has 0 saturated carbocycles. The maximum atomic E-state index is 13.8. The first kappa shape index (κ1) is 49.5. The first-order valence-electron chi connectivity index (χ1n) is 18.1. The Kier molecular flexibility index (Phi) is 15.8. The third-order valence-electron chi connectivity index (χ3n) is 9.31. The van der Waals surface area contributed by atoms with Crippen molar-refractivity contribution in [3.05, 3.63) is 48.1 Å². The number of ether oxygens (including phenoxy) is 4. The summed E-state index contributed by atoms with van der Waals surface area (Å²) >= 11 is 0. The van der Waals surface area contributed by atoms with E-state index in [1.807, 2.05) is 0 Å². The molecular weight excluding hydrogens is 908 g/mol. The standard InChI is InChI=1S/C31H41F4N9O17P2/c1-3-4-5-18(45)42(2)14(8-55-11-31(34,35)29(32)33)28(48)60-22-15(58-27(20(22)46)44-13-40-19-24(37)38-12-39-25(19)44)10-57-63(53,54)61-23-16(9-56-62(50,51)52)59-26(21(23)47)43-7-6-17(36)41-30(43)49/h3,6-7,12-16,20-23,26-27,29,46-47H,1,4-5,8-11H2,2H3,(H,53,54)(H2,36,41,49)(H2,37,38,39)(H2,50,51,52)/t14?,15-,16-,20-,21-,22-,23-,26-,27-/m1/s1. The fourth-order valence-corrected chi connectivity index (χ4v) is 7.44. The average Bonchev–Trinajstić information content (AvgIpc) is 3.86. The number of rotatable bonds is 21. The highest BCUT2D eigenvalue weighted by Gasteiger charge is 2.53. The van der Waals surface area contributed by atoms with Crippen molar-refractivity contribution >= 4 is 50.3 Å². The van der Waals surface area contributed by atoms with Crippen LogP contribution in [0.1, 0.15) is 25.3 Å². The van der Waals surface area contributed by atoms with Crippen LogP contribution >= 0.6 is 15.6 Å². The van der Waals surface area contributed by atoms with Gasteiger partial charge in [-0.3, -0.25) is 27.5 Å². The number of alkyl halides is 4. The fraction of sp³-hybridized carbons (Fsp3) is 0.581. The number of fused-ring (bicyclic) bond motifs is 1. The maximum absolute atomic E-state index is 13.8. The van der Waals surface area contributed by atoms with Gasteiger partial charge in [-0.1, -0.05) is 6.08 Å². The second-order valence-corrected chi connectivity index (χ2v) is 16.3. The number of carbonyl (C=O) groups excluding carboxylic acids is 2. The lowest BCUT2D eigenvalue weighted by Gasteiger charge is -2.30. The van der Waals surface area contributed by atoms with Crippen LogP contribution in [-0.4, -0.2) is 159 Å². The molecule has 2 saturated heterocycles. The van der Waals surface area contributed by atoms with Gasteiger partial charge in [0, 0.05) is 19.7 Å². The minimum absolute atomic E-state index is 0.0113. The van der Waals surface area contributed by atoms with Crippen molar-refractivity contribution in [3.8, 4) is 0 Å². The Morgan fingerprint density at radius 2 is 1.67 bits per heavy atom. The molecule has 1 amide bonds. The van der Waals surface area contributed by atoms with Crippen molar-refractivity contribution < 1.29 is 93.7 Å². The van der Waals surface area contributed by atoms with Gasteiger partial charge >= 0.3 is 39.7 Å². The van der Waals surface area contributed by atoms with E-state index in [4.69, 9.17) is 39.5 Å². The number of hydrogen-bond acceptors (Lipinski definition) is 20. The lowest BCUT2D eigenvalue weighted by molar-refractivity contribution is -0.179. The zero-order valence-electron chi connectivity index (χ0n) is 32.4. The van der Waals surface area contributed by atoms with Crippen molar-refractivity contribution in [2.75, 3.05) is 44.9 Å². The number of carbonyl (C=O) groups is 2. The highest BCUT2D eigenvalue weighted by molar-refractivity contribution is 7.47. The summed E-state index contributed by atoms with van der Waals surface area (Å²) in [6, 6.07) is -0.821. The number of likely N-dealkylation sites (N-methyl/N-ethyl adjacent to an activating group) is 1. The third kappa shape index (κ3) is 12.0. The van der Waals surface area contributed by atoms with Gasteiger partial charge in [0.15, 0.2) is 36.1 Å². The van der Waals surface area contributed by atoms with E-state index < -0.39 is 127 Å². The number of amides is 1. The second kappa shape index (κ2) is 20.1. The summed E-state index contributed by atoms with van der Waals surface area (Å²) in [5.74, 6) is -7.28. The summed E-state index contributed by atoms with van der Waals surface area (Å²) in [5, 5.41) is 22.7. The van der Waals surface area contributed by atoms with E-state index in [0.29, 0.717) is 9.47 Å². The lowest BCUT2D eigenvalue weighted by Crippen LogP contribution is -2.50. The number of anilines is 2. The van der Waals surface area contributed by atoms with E-state index in [0.717, 1.165) is 36.5 Å². The highest BCUT2D eigenvalue weighted by Crippen LogP contribution is 2.50. The zero-order chi connectivity index (χ0) is 46.6. The molecule has 32 heteroatoms. The van der Waals surface area contributed by atoms with Crippen LogP contribution in [0.2, 0.25) is 0 Å². The molecule has 2 aliphatic rings. The molecule has 0 aliphatic carbocycles. The number of nitrogen functional groups attached to an aromatic ring is 2. The molecule has 0 spiro atoms. The Morgan fingerprint density at radius 1 is 1.03 bits per heavy atom. The molecule has 9 N–H and O–H groups in total. The number of phosphoric ester groups is 2. The van der Waals surface area contributed by atoms with Crippen molar-refractivity contribution in [1.29, 1.82) is 0 Å². The van der Waals surface area contributed by atoms with Gasteiger partial charge in [0.25, 0.3) is 0 Å². The predicted octanol–water partition coefficient (Wildman–Crippen LogP) is -1.00. The van der Waals surface area contributed by atoms with Crippen LogP contribution in [0.15, 0.2) is 42.4 Å². The van der Waals surface area contributed by atoms with Crippen LogP contribution in [0.25, 0.3) is 11.2 Å². The molecule has 10 atom stereocenters. The second-order valence-electron chi connectivity index (χ2n) is 13.7. The number of nitrogens with two attached hydrogens (primary N) is 2. The maximum Gasteiger partial charge on any atom is 0.472 e. The number of aliphatic hydroxyl groups is 2. The normalized spacial score (nSPS) is 25.6. The van der Waals surface area contributed by atoms with Crippen LogP contribution in [0.4, 0.5) is 29.2 Å². The molecule has 3 aromatic heterocycles. The number of phosphoric acid groups is 2. The number of hydrogen-bond donors (Lipinski definition) is 7. The first-order chi connectivity index (χ1) is 29.4. The van der Waals surface area contributed by atoms with Gasteiger partial charge in [-0.05, 0) is 12.5 Å². The number of aliphatic hydroxyl groups excluding tert-OH is 2. The molecule has 0 radical (unpaired) electrons. The summed E-state index contributed by atoms with van der Waals surface area (Å²) in [7, 11) is -9.76. The number of aromatic nitrogens is 6. The number of halogens is 4. The van der Waals surface area contributed by atoms with E-state index in [2.05, 4.69) is 31.0 Å². The van der Waals surface area contributed by atoms with E-state index in [-0.39, 0.29) is 35.6 Å². The minimum Gasteiger partial charge on any atom is -0.455 e. The molecule has 5 heterocycles. The third-order valence-corrected chi connectivity index (χ3v) is 10.8.